The van der Waals surface area contributed by atoms with Crippen molar-refractivity contribution in [1.82, 2.24) is 14.8 Å². The highest BCUT2D eigenvalue weighted by atomic mass is 35.5. The van der Waals surface area contributed by atoms with Crippen LogP contribution in [0.25, 0.3) is 0 Å². The fraction of sp³-hybridized carbons (Fsp3) is 0.333. The van der Waals surface area contributed by atoms with E-state index in [9.17, 15) is 9.18 Å². The summed E-state index contributed by atoms with van der Waals surface area (Å²) >= 11 is 5.94. The van der Waals surface area contributed by atoms with Crippen LogP contribution in [0.5, 0.6) is 0 Å². The number of carbonyl (C=O) groups excluding carboxylic acids is 1. The number of halogens is 2. The molecule has 5 nitrogen and oxygen atoms in total. The molecule has 4 rings (SSSR count). The minimum atomic E-state index is -0.256. The maximum absolute atomic E-state index is 13.9. The van der Waals surface area contributed by atoms with Gasteiger partial charge in [0.05, 0.1) is 12.7 Å². The Hall–Kier alpha value is -2.70. The first-order chi connectivity index (χ1) is 15.0. The Morgan fingerprint density at radius 2 is 2.03 bits per heavy atom. The zero-order chi connectivity index (χ0) is 21.8. The zero-order valence-electron chi connectivity index (χ0n) is 17.4. The molecule has 1 aliphatic rings. The number of hydrogen-bond donors (Lipinski definition) is 0. The third-order valence-corrected chi connectivity index (χ3v) is 5.78. The molecule has 2 aromatic carbocycles. The second-order valence-electron chi connectivity index (χ2n) is 7.98. The van der Waals surface area contributed by atoms with Gasteiger partial charge in [0.15, 0.2) is 0 Å². The Kier molecular flexibility index (Phi) is 6.68. The van der Waals surface area contributed by atoms with E-state index in [0.29, 0.717) is 36.0 Å². The van der Waals surface area contributed by atoms with Crippen LogP contribution in [0.1, 0.15) is 41.7 Å². The van der Waals surface area contributed by atoms with Gasteiger partial charge in [0.2, 0.25) is 11.8 Å². The summed E-state index contributed by atoms with van der Waals surface area (Å²) in [7, 11) is 1.82. The second-order valence-corrected chi connectivity index (χ2v) is 8.41. The Morgan fingerprint density at radius 3 is 2.81 bits per heavy atom. The topological polar surface area (TPSA) is 49.6 Å². The molecule has 1 amide bonds. The number of rotatable bonds is 7. The summed E-state index contributed by atoms with van der Waals surface area (Å²) < 4.78 is 19.9. The van der Waals surface area contributed by atoms with Crippen LogP contribution in [0.2, 0.25) is 5.02 Å². The third-order valence-electron chi connectivity index (χ3n) is 5.52. The second kappa shape index (κ2) is 9.62. The van der Waals surface area contributed by atoms with Gasteiger partial charge >= 0.3 is 0 Å². The molecule has 1 atom stereocenters. The fourth-order valence-corrected chi connectivity index (χ4v) is 4.10. The van der Waals surface area contributed by atoms with Gasteiger partial charge in [-0.15, -0.1) is 0 Å². The lowest BCUT2D eigenvalue weighted by molar-refractivity contribution is -0.133. The van der Waals surface area contributed by atoms with E-state index in [1.165, 1.54) is 6.07 Å². The molecule has 0 bridgehead atoms. The van der Waals surface area contributed by atoms with E-state index < -0.39 is 0 Å². The summed E-state index contributed by atoms with van der Waals surface area (Å²) in [5, 5.41) is 0.696. The van der Waals surface area contributed by atoms with Crippen molar-refractivity contribution in [3.05, 3.63) is 88.3 Å². The van der Waals surface area contributed by atoms with Crippen LogP contribution in [0.15, 0.2) is 59.1 Å². The molecule has 1 saturated heterocycles. The quantitative estimate of drug-likeness (QED) is 0.525. The van der Waals surface area contributed by atoms with Crippen LogP contribution >= 0.6 is 11.6 Å². The number of likely N-dealkylation sites (tertiary alicyclic amines) is 1. The molecule has 0 saturated carbocycles. The van der Waals surface area contributed by atoms with Gasteiger partial charge in [0.1, 0.15) is 17.6 Å². The third kappa shape index (κ3) is 5.32. The maximum atomic E-state index is 13.9. The van der Waals surface area contributed by atoms with Crippen LogP contribution in [0.4, 0.5) is 4.39 Å². The van der Waals surface area contributed by atoms with Crippen molar-refractivity contribution < 1.29 is 13.6 Å². The van der Waals surface area contributed by atoms with Gasteiger partial charge < -0.3 is 9.32 Å². The molecule has 0 radical (unpaired) electrons. The Balaban J connectivity index is 1.38. The number of hydrogen-bond acceptors (Lipinski definition) is 4. The summed E-state index contributed by atoms with van der Waals surface area (Å²) in [5.74, 6) is 1.08. The normalized spacial score (nSPS) is 16.3. The van der Waals surface area contributed by atoms with E-state index in [1.54, 1.807) is 24.4 Å². The molecule has 7 heteroatoms. The van der Waals surface area contributed by atoms with Crippen LogP contribution in [-0.2, 0) is 17.8 Å². The van der Waals surface area contributed by atoms with Gasteiger partial charge in [-0.2, -0.15) is 0 Å². The van der Waals surface area contributed by atoms with Gasteiger partial charge in [-0.1, -0.05) is 41.9 Å². The number of carbonyl (C=O) groups is 1. The molecular formula is C24H25ClFN3O2. The van der Waals surface area contributed by atoms with Gasteiger partial charge in [-0.3, -0.25) is 9.69 Å². The van der Waals surface area contributed by atoms with E-state index in [2.05, 4.69) is 4.98 Å². The van der Waals surface area contributed by atoms with E-state index >= 15 is 0 Å². The molecule has 1 aliphatic heterocycles. The molecule has 3 aromatic rings. The van der Waals surface area contributed by atoms with Crippen molar-refractivity contribution in [1.29, 1.82) is 0 Å². The van der Waals surface area contributed by atoms with Crippen molar-refractivity contribution in [3.63, 3.8) is 0 Å². The van der Waals surface area contributed by atoms with E-state index in [0.717, 1.165) is 24.2 Å². The average molecular weight is 442 g/mol. The van der Waals surface area contributed by atoms with Gasteiger partial charge in [0.25, 0.3) is 0 Å². The first kappa shape index (κ1) is 21.5. The lowest BCUT2D eigenvalue weighted by atomic mass is 10.1. The summed E-state index contributed by atoms with van der Waals surface area (Å²) in [4.78, 5) is 21.1. The summed E-state index contributed by atoms with van der Waals surface area (Å²) in [5.41, 5.74) is 1.66. The number of benzene rings is 2. The zero-order valence-corrected chi connectivity index (χ0v) is 18.2. The minimum absolute atomic E-state index is 0.00112. The van der Waals surface area contributed by atoms with Crippen LogP contribution in [-0.4, -0.2) is 40.8 Å². The first-order valence-electron chi connectivity index (χ1n) is 10.4. The molecule has 1 fully saturated rings. The highest BCUT2D eigenvalue weighted by Crippen LogP contribution is 2.32. The highest BCUT2D eigenvalue weighted by Gasteiger charge is 2.33. The highest BCUT2D eigenvalue weighted by molar-refractivity contribution is 6.30. The monoisotopic (exact) mass is 441 g/mol. The molecule has 31 heavy (non-hydrogen) atoms. The molecule has 2 heterocycles. The van der Waals surface area contributed by atoms with E-state index in [1.807, 2.05) is 41.1 Å². The van der Waals surface area contributed by atoms with Crippen molar-refractivity contribution >= 4 is 17.5 Å². The number of likely N-dealkylation sites (N-methyl/N-ethyl adjacent to an activating group) is 1. The standard InChI is InChI=1S/C24H25ClFN3O2/c1-28(15-18-5-2-3-6-21(18)26)16-23(30)29-12-4-7-22(29)24-27-14-20(31-24)13-17-8-10-19(25)11-9-17/h2-3,5-6,8-11,14,22H,4,7,12-13,15-16H2,1H3/t22-/m0/s1. The van der Waals surface area contributed by atoms with Gasteiger partial charge in [-0.25, -0.2) is 9.37 Å². The summed E-state index contributed by atoms with van der Waals surface area (Å²) in [6.07, 6.45) is 4.08. The number of oxazole rings is 1. The lowest BCUT2D eigenvalue weighted by Crippen LogP contribution is -2.38. The van der Waals surface area contributed by atoms with Crippen LogP contribution in [0, 0.1) is 5.82 Å². The van der Waals surface area contributed by atoms with Gasteiger partial charge in [0, 0.05) is 30.1 Å². The predicted octanol–water partition coefficient (Wildman–Crippen LogP) is 4.85. The van der Waals surface area contributed by atoms with Crippen LogP contribution in [0.3, 0.4) is 0 Å². The predicted molar refractivity (Wildman–Crippen MR) is 117 cm³/mol. The van der Waals surface area contributed by atoms with Crippen LogP contribution < -0.4 is 0 Å². The molecule has 162 valence electrons. The molecule has 0 unspecified atom stereocenters. The Morgan fingerprint density at radius 1 is 1.26 bits per heavy atom. The van der Waals surface area contributed by atoms with E-state index in [4.69, 9.17) is 16.0 Å². The SMILES string of the molecule is CN(CC(=O)N1CCC[C@H]1c1ncc(Cc2ccc(Cl)cc2)o1)Cc1ccccc1F. The number of amides is 1. The molecular weight excluding hydrogens is 417 g/mol. The molecule has 0 aliphatic carbocycles. The fourth-order valence-electron chi connectivity index (χ4n) is 3.98. The Bertz CT molecular complexity index is 1040. The van der Waals surface area contributed by atoms with Crippen molar-refractivity contribution in [3.8, 4) is 0 Å². The number of nitrogens with zero attached hydrogens (tertiary/aromatic N) is 3. The summed E-state index contributed by atoms with van der Waals surface area (Å²) in [6.45, 7) is 1.26. The van der Waals surface area contributed by atoms with E-state index in [-0.39, 0.29) is 24.3 Å². The minimum Gasteiger partial charge on any atom is -0.443 e. The largest absolute Gasteiger partial charge is 0.443 e. The molecule has 1 aromatic heterocycles. The summed E-state index contributed by atoms with van der Waals surface area (Å²) in [6, 6.07) is 14.1. The Labute approximate surface area is 186 Å². The lowest BCUT2D eigenvalue weighted by Gasteiger charge is -2.25. The van der Waals surface area contributed by atoms with Crippen molar-refractivity contribution in [2.75, 3.05) is 20.1 Å². The number of aromatic nitrogens is 1. The molecule has 0 N–H and O–H groups in total. The first-order valence-corrected chi connectivity index (χ1v) is 10.8. The average Bonchev–Trinajstić information content (AvgIpc) is 3.41. The maximum Gasteiger partial charge on any atom is 0.237 e. The van der Waals surface area contributed by atoms with Crippen molar-refractivity contribution in [2.45, 2.75) is 31.8 Å². The van der Waals surface area contributed by atoms with Gasteiger partial charge in [-0.05, 0) is 43.7 Å². The molecule has 0 spiro atoms. The smallest absolute Gasteiger partial charge is 0.237 e. The van der Waals surface area contributed by atoms with Crippen molar-refractivity contribution in [2.24, 2.45) is 0 Å².